The Kier molecular flexibility index (Phi) is 4.78. The molecular formula is C18H25N5O. The molecule has 3 heterocycles. The lowest BCUT2D eigenvalue weighted by atomic mass is 10.0. The number of para-hydroxylation sites is 1. The van der Waals surface area contributed by atoms with Crippen LogP contribution in [0.1, 0.15) is 11.6 Å². The zero-order valence-electron chi connectivity index (χ0n) is 13.9. The number of hydrogen-bond acceptors (Lipinski definition) is 5. The summed E-state index contributed by atoms with van der Waals surface area (Å²) in [5.41, 5.74) is 2.44. The zero-order chi connectivity index (χ0) is 16.2. The van der Waals surface area contributed by atoms with Crippen molar-refractivity contribution in [2.45, 2.75) is 6.04 Å². The van der Waals surface area contributed by atoms with Crippen molar-refractivity contribution >= 4 is 16.7 Å². The van der Waals surface area contributed by atoms with Crippen LogP contribution in [0.15, 0.2) is 35.5 Å². The highest BCUT2D eigenvalue weighted by molar-refractivity contribution is 5.94. The second kappa shape index (κ2) is 7.34. The third kappa shape index (κ3) is 3.31. The van der Waals surface area contributed by atoms with Crippen LogP contribution in [0.25, 0.3) is 10.9 Å². The molecule has 1 atom stereocenters. The lowest BCUT2D eigenvalue weighted by Crippen LogP contribution is -2.46. The monoisotopic (exact) mass is 327 g/mol. The topological polar surface area (TPSA) is 64.7 Å². The molecule has 2 aliphatic heterocycles. The van der Waals surface area contributed by atoms with Gasteiger partial charge in [0.1, 0.15) is 5.84 Å². The largest absolute Gasteiger partial charge is 0.379 e. The highest BCUT2D eigenvalue weighted by Crippen LogP contribution is 2.25. The van der Waals surface area contributed by atoms with Gasteiger partial charge in [-0.2, -0.15) is 0 Å². The summed E-state index contributed by atoms with van der Waals surface area (Å²) in [5, 5.41) is 8.43. The molecular weight excluding hydrogens is 302 g/mol. The standard InChI is InChI=1S/C18H25N5O/c1-2-4-16-14(3-1)15(13-22-16)17-18(20-6-5-19-17)21-7-8-23-9-11-24-12-10-23/h1-4,13,17,19,22H,5-12H2,(H,20,21). The first-order valence-electron chi connectivity index (χ1n) is 8.79. The fourth-order valence-electron chi connectivity index (χ4n) is 3.49. The first-order valence-corrected chi connectivity index (χ1v) is 8.79. The Morgan fingerprint density at radius 3 is 3.04 bits per heavy atom. The Bertz CT molecular complexity index is 704. The van der Waals surface area contributed by atoms with Gasteiger partial charge in [-0.1, -0.05) is 18.2 Å². The molecule has 1 aromatic carbocycles. The molecule has 0 amide bonds. The summed E-state index contributed by atoms with van der Waals surface area (Å²) in [4.78, 5) is 10.5. The number of rotatable bonds is 4. The van der Waals surface area contributed by atoms with Crippen molar-refractivity contribution in [3.05, 3.63) is 36.0 Å². The molecule has 4 rings (SSSR count). The van der Waals surface area contributed by atoms with Gasteiger partial charge in [-0.05, 0) is 6.07 Å². The minimum absolute atomic E-state index is 0.139. The second-order valence-electron chi connectivity index (χ2n) is 6.32. The SMILES string of the molecule is c1ccc2c(C3NCCN=C3NCCN3CCOCC3)c[nH]c2c1. The average molecular weight is 327 g/mol. The normalized spacial score (nSPS) is 22.5. The third-order valence-corrected chi connectivity index (χ3v) is 4.79. The van der Waals surface area contributed by atoms with E-state index in [0.717, 1.165) is 58.3 Å². The van der Waals surface area contributed by atoms with Crippen LogP contribution < -0.4 is 10.6 Å². The van der Waals surface area contributed by atoms with E-state index in [4.69, 9.17) is 9.73 Å². The summed E-state index contributed by atoms with van der Waals surface area (Å²) >= 11 is 0. The second-order valence-corrected chi connectivity index (χ2v) is 6.32. The molecule has 0 saturated carbocycles. The maximum absolute atomic E-state index is 5.40. The molecule has 1 fully saturated rings. The van der Waals surface area contributed by atoms with Crippen molar-refractivity contribution in [1.29, 1.82) is 0 Å². The molecule has 0 radical (unpaired) electrons. The number of H-pyrrole nitrogens is 1. The first kappa shape index (κ1) is 15.6. The van der Waals surface area contributed by atoms with Crippen LogP contribution in [0.3, 0.4) is 0 Å². The van der Waals surface area contributed by atoms with Gasteiger partial charge in [0, 0.05) is 55.4 Å². The number of amidine groups is 1. The summed E-state index contributed by atoms with van der Waals surface area (Å²) in [5.74, 6) is 1.05. The van der Waals surface area contributed by atoms with Crippen LogP contribution in [0, 0.1) is 0 Å². The number of hydrogen-bond donors (Lipinski definition) is 3. The molecule has 1 saturated heterocycles. The molecule has 2 aliphatic rings. The summed E-state index contributed by atoms with van der Waals surface area (Å²) in [6.45, 7) is 7.44. The van der Waals surface area contributed by atoms with Gasteiger partial charge in [0.2, 0.25) is 0 Å². The lowest BCUT2D eigenvalue weighted by Gasteiger charge is -2.29. The highest BCUT2D eigenvalue weighted by atomic mass is 16.5. The minimum Gasteiger partial charge on any atom is -0.379 e. The van der Waals surface area contributed by atoms with Gasteiger partial charge in [-0.3, -0.25) is 9.89 Å². The third-order valence-electron chi connectivity index (χ3n) is 4.79. The molecule has 24 heavy (non-hydrogen) atoms. The van der Waals surface area contributed by atoms with E-state index in [1.807, 2.05) is 0 Å². The molecule has 1 aromatic heterocycles. The van der Waals surface area contributed by atoms with Crippen molar-refractivity contribution in [2.24, 2.45) is 4.99 Å². The van der Waals surface area contributed by atoms with E-state index in [9.17, 15) is 0 Å². The van der Waals surface area contributed by atoms with E-state index >= 15 is 0 Å². The van der Waals surface area contributed by atoms with Crippen molar-refractivity contribution < 1.29 is 4.74 Å². The summed E-state index contributed by atoms with van der Waals surface area (Å²) in [7, 11) is 0. The number of benzene rings is 1. The van der Waals surface area contributed by atoms with Crippen molar-refractivity contribution in [3.8, 4) is 0 Å². The summed E-state index contributed by atoms with van der Waals surface area (Å²) in [6.07, 6.45) is 2.10. The number of fused-ring (bicyclic) bond motifs is 1. The van der Waals surface area contributed by atoms with Crippen LogP contribution >= 0.6 is 0 Å². The first-order chi connectivity index (χ1) is 11.9. The fourth-order valence-corrected chi connectivity index (χ4v) is 3.49. The van der Waals surface area contributed by atoms with Crippen molar-refractivity contribution in [3.63, 3.8) is 0 Å². The molecule has 6 nitrogen and oxygen atoms in total. The molecule has 128 valence electrons. The van der Waals surface area contributed by atoms with Gasteiger partial charge in [0.15, 0.2) is 0 Å². The Labute approximate surface area is 142 Å². The molecule has 0 aliphatic carbocycles. The maximum Gasteiger partial charge on any atom is 0.118 e. The van der Waals surface area contributed by atoms with E-state index in [2.05, 4.69) is 51.0 Å². The smallest absolute Gasteiger partial charge is 0.118 e. The van der Waals surface area contributed by atoms with Crippen LogP contribution in [0.2, 0.25) is 0 Å². The minimum atomic E-state index is 0.139. The predicted molar refractivity (Wildman–Crippen MR) is 96.6 cm³/mol. The Hall–Kier alpha value is -1.89. The zero-order valence-corrected chi connectivity index (χ0v) is 13.9. The number of nitrogens with one attached hydrogen (secondary N) is 3. The Morgan fingerprint density at radius 2 is 2.12 bits per heavy atom. The van der Waals surface area contributed by atoms with Crippen LogP contribution in [0.4, 0.5) is 0 Å². The average Bonchev–Trinajstić information content (AvgIpc) is 3.07. The van der Waals surface area contributed by atoms with Gasteiger partial charge < -0.3 is 20.4 Å². The van der Waals surface area contributed by atoms with Crippen LogP contribution in [-0.2, 0) is 4.74 Å². The van der Waals surface area contributed by atoms with E-state index in [1.165, 1.54) is 16.5 Å². The van der Waals surface area contributed by atoms with Crippen molar-refractivity contribution in [1.82, 2.24) is 20.5 Å². The van der Waals surface area contributed by atoms with E-state index < -0.39 is 0 Å². The number of ether oxygens (including phenoxy) is 1. The number of nitrogens with zero attached hydrogens (tertiary/aromatic N) is 2. The Balaban J connectivity index is 1.44. The number of aromatic nitrogens is 1. The molecule has 6 heteroatoms. The van der Waals surface area contributed by atoms with Crippen LogP contribution in [-0.4, -0.2) is 68.2 Å². The van der Waals surface area contributed by atoms with Gasteiger partial charge in [-0.25, -0.2) is 0 Å². The molecule has 1 unspecified atom stereocenters. The molecule has 3 N–H and O–H groups in total. The summed E-state index contributed by atoms with van der Waals surface area (Å²) < 4.78 is 5.40. The van der Waals surface area contributed by atoms with E-state index in [-0.39, 0.29) is 6.04 Å². The van der Waals surface area contributed by atoms with Gasteiger partial charge in [0.25, 0.3) is 0 Å². The van der Waals surface area contributed by atoms with Crippen molar-refractivity contribution in [2.75, 3.05) is 52.5 Å². The number of aliphatic imine (C=N–C) groups is 1. The van der Waals surface area contributed by atoms with Gasteiger partial charge in [0.05, 0.1) is 25.8 Å². The predicted octanol–water partition coefficient (Wildman–Crippen LogP) is 1.13. The number of aromatic amines is 1. The summed E-state index contributed by atoms with van der Waals surface area (Å²) in [6, 6.07) is 8.57. The van der Waals surface area contributed by atoms with Crippen LogP contribution in [0.5, 0.6) is 0 Å². The molecule has 0 spiro atoms. The molecule has 2 aromatic rings. The lowest BCUT2D eigenvalue weighted by molar-refractivity contribution is 0.0389. The molecule has 0 bridgehead atoms. The van der Waals surface area contributed by atoms with Gasteiger partial charge in [-0.15, -0.1) is 0 Å². The number of morpholine rings is 1. The fraction of sp³-hybridized carbons (Fsp3) is 0.500. The van der Waals surface area contributed by atoms with E-state index in [0.29, 0.717) is 0 Å². The van der Waals surface area contributed by atoms with Gasteiger partial charge >= 0.3 is 0 Å². The quantitative estimate of drug-likeness (QED) is 0.788. The maximum atomic E-state index is 5.40. The highest BCUT2D eigenvalue weighted by Gasteiger charge is 2.23. The van der Waals surface area contributed by atoms with E-state index in [1.54, 1.807) is 0 Å². The Morgan fingerprint density at radius 1 is 1.25 bits per heavy atom.